The molecule has 3 rings (SSSR count). The summed E-state index contributed by atoms with van der Waals surface area (Å²) < 4.78 is 12.9. The summed E-state index contributed by atoms with van der Waals surface area (Å²) in [5.74, 6) is 1.86. The zero-order valence-electron chi connectivity index (χ0n) is 17.0. The van der Waals surface area contributed by atoms with Gasteiger partial charge in [-0.15, -0.1) is 35.7 Å². The molecular weight excluding hydrogens is 504 g/mol. The van der Waals surface area contributed by atoms with Crippen LogP contribution in [0.15, 0.2) is 34.2 Å². The predicted molar refractivity (Wildman–Crippen MR) is 128 cm³/mol. The Kier molecular flexibility index (Phi) is 10.5. The second-order valence-corrected chi connectivity index (χ2v) is 8.30. The van der Waals surface area contributed by atoms with Crippen molar-refractivity contribution in [3.63, 3.8) is 0 Å². The smallest absolute Gasteiger partial charge is 0.236 e. The quantitative estimate of drug-likeness (QED) is 0.199. The molecule has 1 amide bonds. The maximum Gasteiger partial charge on any atom is 0.236 e. The fourth-order valence-corrected chi connectivity index (χ4v) is 4.34. The number of thioether (sulfide) groups is 1. The molecule has 0 bridgehead atoms. The Morgan fingerprint density at radius 2 is 1.72 bits per heavy atom. The van der Waals surface area contributed by atoms with Crippen LogP contribution in [0.3, 0.4) is 0 Å². The van der Waals surface area contributed by atoms with E-state index < -0.39 is 0 Å². The number of likely N-dealkylation sites (tertiary alicyclic amines) is 1. The summed E-state index contributed by atoms with van der Waals surface area (Å²) >= 11 is 1.69. The highest BCUT2D eigenvalue weighted by Crippen LogP contribution is 2.17. The maximum absolute atomic E-state index is 12.9. The Morgan fingerprint density at radius 1 is 1.07 bits per heavy atom. The minimum absolute atomic E-state index is 0. The Labute approximate surface area is 194 Å². The summed E-state index contributed by atoms with van der Waals surface area (Å²) in [5.41, 5.74) is 0. The van der Waals surface area contributed by atoms with Gasteiger partial charge in [0.1, 0.15) is 5.82 Å². The molecule has 0 aromatic heterocycles. The highest BCUT2D eigenvalue weighted by Gasteiger charge is 2.24. The Hall–Kier alpha value is -1.07. The Balaban J connectivity index is 0.00000300. The van der Waals surface area contributed by atoms with E-state index in [1.54, 1.807) is 30.9 Å². The lowest BCUT2D eigenvalue weighted by atomic mass is 10.3. The molecule has 2 saturated heterocycles. The van der Waals surface area contributed by atoms with Crippen molar-refractivity contribution in [3.05, 3.63) is 30.1 Å². The zero-order valence-corrected chi connectivity index (χ0v) is 20.1. The highest BCUT2D eigenvalue weighted by atomic mass is 127. The standard InChI is InChI=1S/C20H30FN5OS.HI/c1-22-20(23-8-15-28-18-6-4-17(21)5-7-18)26-13-11-24(12-14-26)16-19(27)25-9-2-3-10-25;/h4-7H,2-3,8-16H2,1H3,(H,22,23);1H. The first-order valence-electron chi connectivity index (χ1n) is 10.00. The van der Waals surface area contributed by atoms with E-state index in [4.69, 9.17) is 0 Å². The van der Waals surface area contributed by atoms with Crippen molar-refractivity contribution in [3.8, 4) is 0 Å². The van der Waals surface area contributed by atoms with Crippen LogP contribution in [0.4, 0.5) is 4.39 Å². The monoisotopic (exact) mass is 535 g/mol. The van der Waals surface area contributed by atoms with Crippen molar-refractivity contribution in [2.45, 2.75) is 17.7 Å². The molecule has 29 heavy (non-hydrogen) atoms. The molecule has 2 fully saturated rings. The maximum atomic E-state index is 12.9. The van der Waals surface area contributed by atoms with E-state index in [-0.39, 0.29) is 35.7 Å². The molecule has 9 heteroatoms. The van der Waals surface area contributed by atoms with E-state index >= 15 is 0 Å². The van der Waals surface area contributed by atoms with Gasteiger partial charge in [-0.2, -0.15) is 0 Å². The zero-order chi connectivity index (χ0) is 19.8. The molecule has 1 N–H and O–H groups in total. The molecule has 2 aliphatic heterocycles. The van der Waals surface area contributed by atoms with Crippen LogP contribution in [0.1, 0.15) is 12.8 Å². The van der Waals surface area contributed by atoms with Gasteiger partial charge in [0.25, 0.3) is 0 Å². The molecule has 0 aliphatic carbocycles. The van der Waals surface area contributed by atoms with Gasteiger partial charge in [-0.05, 0) is 37.1 Å². The average molecular weight is 535 g/mol. The molecule has 0 saturated carbocycles. The lowest BCUT2D eigenvalue weighted by Gasteiger charge is -2.36. The topological polar surface area (TPSA) is 51.2 Å². The van der Waals surface area contributed by atoms with Crippen LogP contribution in [-0.2, 0) is 4.79 Å². The number of hydrogen-bond donors (Lipinski definition) is 1. The third-order valence-electron chi connectivity index (χ3n) is 5.17. The molecule has 6 nitrogen and oxygen atoms in total. The molecule has 2 aliphatic rings. The summed E-state index contributed by atoms with van der Waals surface area (Å²) in [6.45, 7) is 6.68. The Morgan fingerprint density at radius 3 is 2.34 bits per heavy atom. The van der Waals surface area contributed by atoms with Crippen LogP contribution in [0.5, 0.6) is 0 Å². The number of piperazine rings is 1. The summed E-state index contributed by atoms with van der Waals surface area (Å²) in [4.78, 5) is 24.3. The molecule has 0 atom stereocenters. The second kappa shape index (κ2) is 12.6. The summed E-state index contributed by atoms with van der Waals surface area (Å²) in [6.07, 6.45) is 2.28. The molecule has 162 valence electrons. The first-order chi connectivity index (χ1) is 13.7. The summed E-state index contributed by atoms with van der Waals surface area (Å²) in [7, 11) is 1.80. The van der Waals surface area contributed by atoms with Crippen molar-refractivity contribution in [2.24, 2.45) is 4.99 Å². The number of aliphatic imine (C=N–C) groups is 1. The second-order valence-electron chi connectivity index (χ2n) is 7.13. The third kappa shape index (κ3) is 7.60. The normalized spacial score (nSPS) is 17.9. The number of nitrogens with one attached hydrogen (secondary N) is 1. The number of halogens is 2. The molecule has 2 heterocycles. The van der Waals surface area contributed by atoms with Gasteiger partial charge < -0.3 is 15.1 Å². The molecule has 1 aromatic rings. The van der Waals surface area contributed by atoms with Gasteiger partial charge in [0.15, 0.2) is 5.96 Å². The van der Waals surface area contributed by atoms with E-state index in [1.165, 1.54) is 12.1 Å². The number of rotatable bonds is 6. The van der Waals surface area contributed by atoms with Crippen LogP contribution in [0.2, 0.25) is 0 Å². The van der Waals surface area contributed by atoms with Gasteiger partial charge in [0.2, 0.25) is 5.91 Å². The number of carbonyl (C=O) groups excluding carboxylic acids is 1. The predicted octanol–water partition coefficient (Wildman–Crippen LogP) is 2.35. The lowest BCUT2D eigenvalue weighted by molar-refractivity contribution is -0.131. The third-order valence-corrected chi connectivity index (χ3v) is 6.18. The van der Waals surface area contributed by atoms with E-state index in [0.29, 0.717) is 6.54 Å². The first kappa shape index (κ1) is 24.2. The highest BCUT2D eigenvalue weighted by molar-refractivity contribution is 14.0. The first-order valence-corrected chi connectivity index (χ1v) is 11.0. The van der Waals surface area contributed by atoms with Crippen molar-refractivity contribution >= 4 is 47.6 Å². The van der Waals surface area contributed by atoms with Crippen molar-refractivity contribution < 1.29 is 9.18 Å². The number of amides is 1. The van der Waals surface area contributed by atoms with Gasteiger partial charge in [0, 0.05) is 63.5 Å². The van der Waals surface area contributed by atoms with Crippen LogP contribution in [0, 0.1) is 5.82 Å². The molecule has 0 unspecified atom stereocenters. The fourth-order valence-electron chi connectivity index (χ4n) is 3.57. The van der Waals surface area contributed by atoms with Gasteiger partial charge in [-0.25, -0.2) is 4.39 Å². The molecular formula is C20H31FIN5OS. The van der Waals surface area contributed by atoms with Crippen LogP contribution >= 0.6 is 35.7 Å². The van der Waals surface area contributed by atoms with Crippen LogP contribution in [-0.4, -0.2) is 91.7 Å². The number of guanidine groups is 1. The van der Waals surface area contributed by atoms with E-state index in [2.05, 4.69) is 20.1 Å². The van der Waals surface area contributed by atoms with Crippen molar-refractivity contribution in [2.75, 3.05) is 65.2 Å². The van der Waals surface area contributed by atoms with Crippen LogP contribution < -0.4 is 5.32 Å². The lowest BCUT2D eigenvalue weighted by Crippen LogP contribution is -2.54. The van der Waals surface area contributed by atoms with E-state index in [0.717, 1.165) is 75.3 Å². The van der Waals surface area contributed by atoms with Gasteiger partial charge >= 0.3 is 0 Å². The number of nitrogens with zero attached hydrogens (tertiary/aromatic N) is 4. The van der Waals surface area contributed by atoms with Crippen molar-refractivity contribution in [1.29, 1.82) is 0 Å². The van der Waals surface area contributed by atoms with Crippen molar-refractivity contribution in [1.82, 2.24) is 20.0 Å². The number of benzene rings is 1. The molecule has 0 radical (unpaired) electrons. The molecule has 0 spiro atoms. The SMILES string of the molecule is CN=C(NCCSc1ccc(F)cc1)N1CCN(CC(=O)N2CCCC2)CC1.I. The van der Waals surface area contributed by atoms with Gasteiger partial charge in [-0.3, -0.25) is 14.7 Å². The summed E-state index contributed by atoms with van der Waals surface area (Å²) in [6, 6.07) is 6.58. The largest absolute Gasteiger partial charge is 0.355 e. The Bertz CT molecular complexity index is 661. The van der Waals surface area contributed by atoms with E-state index in [1.807, 2.05) is 4.90 Å². The number of carbonyl (C=O) groups is 1. The minimum atomic E-state index is -0.204. The van der Waals surface area contributed by atoms with Gasteiger partial charge in [-0.1, -0.05) is 0 Å². The summed E-state index contributed by atoms with van der Waals surface area (Å²) in [5, 5.41) is 3.41. The fraction of sp³-hybridized carbons (Fsp3) is 0.600. The number of hydrogen-bond acceptors (Lipinski definition) is 4. The van der Waals surface area contributed by atoms with Gasteiger partial charge in [0.05, 0.1) is 6.54 Å². The minimum Gasteiger partial charge on any atom is -0.355 e. The van der Waals surface area contributed by atoms with Crippen LogP contribution in [0.25, 0.3) is 0 Å². The average Bonchev–Trinajstić information content (AvgIpc) is 3.25. The van der Waals surface area contributed by atoms with E-state index in [9.17, 15) is 9.18 Å². The molecule has 1 aromatic carbocycles.